The van der Waals surface area contributed by atoms with Crippen molar-refractivity contribution in [3.05, 3.63) is 39.9 Å². The first-order chi connectivity index (χ1) is 8.58. The number of morpholine rings is 1. The van der Waals surface area contributed by atoms with Crippen molar-refractivity contribution < 1.29 is 14.5 Å². The molecule has 2 heterocycles. The van der Waals surface area contributed by atoms with Gasteiger partial charge in [-0.05, 0) is 17.7 Å². The summed E-state index contributed by atoms with van der Waals surface area (Å²) in [6, 6.07) is 5.26. The molecule has 6 nitrogen and oxygen atoms in total. The molecule has 96 valence electrons. The van der Waals surface area contributed by atoms with E-state index in [1.165, 1.54) is 31.3 Å². The Labute approximate surface area is 108 Å². The second-order valence-corrected chi connectivity index (χ2v) is 4.24. The van der Waals surface area contributed by atoms with Gasteiger partial charge in [0.15, 0.2) is 0 Å². The number of hydrogen-bond acceptors (Lipinski definition) is 5. The Morgan fingerprint density at radius 2 is 2.33 bits per heavy atom. The molecule has 0 saturated carbocycles. The summed E-state index contributed by atoms with van der Waals surface area (Å²) < 4.78 is 5.15. The van der Waals surface area contributed by atoms with Crippen LogP contribution in [0.3, 0.4) is 0 Å². The van der Waals surface area contributed by atoms with Gasteiger partial charge in [-0.15, -0.1) is 0 Å². The standard InChI is InChI=1S/C7H4ClNO3.C4H7NO/c8-7(10)5-2-1-3-6(4-5)9(11)12;1-2-6-4-3-5(1)4/h1-4H;4H,1-3H2. The lowest BCUT2D eigenvalue weighted by Gasteiger charge is -1.92. The van der Waals surface area contributed by atoms with E-state index >= 15 is 0 Å². The number of benzene rings is 1. The lowest BCUT2D eigenvalue weighted by molar-refractivity contribution is -0.384. The Morgan fingerprint density at radius 1 is 1.56 bits per heavy atom. The molecule has 0 bridgehead atoms. The molecule has 7 heteroatoms. The van der Waals surface area contributed by atoms with E-state index in [0.29, 0.717) is 6.23 Å². The zero-order valence-electron chi connectivity index (χ0n) is 9.41. The number of nitro groups is 1. The Bertz CT molecular complexity index is 443. The van der Waals surface area contributed by atoms with Gasteiger partial charge in [0.05, 0.1) is 11.5 Å². The van der Waals surface area contributed by atoms with Gasteiger partial charge in [0.1, 0.15) is 6.23 Å². The highest BCUT2D eigenvalue weighted by Gasteiger charge is 2.39. The molecule has 0 radical (unpaired) electrons. The number of nitro benzene ring substituents is 1. The van der Waals surface area contributed by atoms with Crippen molar-refractivity contribution in [2.24, 2.45) is 0 Å². The van der Waals surface area contributed by atoms with Crippen molar-refractivity contribution in [2.45, 2.75) is 6.23 Å². The molecule has 18 heavy (non-hydrogen) atoms. The van der Waals surface area contributed by atoms with Crippen LogP contribution in [0.15, 0.2) is 24.3 Å². The van der Waals surface area contributed by atoms with Crippen LogP contribution in [-0.2, 0) is 4.74 Å². The number of fused-ring (bicyclic) bond motifs is 1. The molecule has 2 saturated heterocycles. The van der Waals surface area contributed by atoms with Gasteiger partial charge in [0.2, 0.25) is 0 Å². The molecule has 2 aliphatic heterocycles. The van der Waals surface area contributed by atoms with E-state index in [1.54, 1.807) is 0 Å². The molecule has 2 unspecified atom stereocenters. The second-order valence-electron chi connectivity index (χ2n) is 3.90. The summed E-state index contributed by atoms with van der Waals surface area (Å²) in [6.07, 6.45) is 0.546. The van der Waals surface area contributed by atoms with E-state index in [1.807, 2.05) is 0 Å². The third kappa shape index (κ3) is 3.25. The molecular weight excluding hydrogens is 260 g/mol. The summed E-state index contributed by atoms with van der Waals surface area (Å²) in [4.78, 5) is 22.5. The number of carbonyl (C=O) groups is 1. The normalized spacial score (nSPS) is 23.6. The van der Waals surface area contributed by atoms with E-state index < -0.39 is 10.2 Å². The number of rotatable bonds is 2. The summed E-state index contributed by atoms with van der Waals surface area (Å²) >= 11 is 5.12. The zero-order chi connectivity index (χ0) is 13.1. The molecule has 0 N–H and O–H groups in total. The smallest absolute Gasteiger partial charge is 0.270 e. The van der Waals surface area contributed by atoms with Gasteiger partial charge >= 0.3 is 0 Å². The van der Waals surface area contributed by atoms with Gasteiger partial charge in [0, 0.05) is 30.8 Å². The number of halogens is 1. The largest absolute Gasteiger partial charge is 0.360 e. The molecule has 2 fully saturated rings. The molecule has 1 aromatic rings. The van der Waals surface area contributed by atoms with Crippen LogP contribution in [0.1, 0.15) is 10.4 Å². The lowest BCUT2D eigenvalue weighted by atomic mass is 10.2. The minimum absolute atomic E-state index is 0.130. The van der Waals surface area contributed by atoms with Crippen LogP contribution in [0.4, 0.5) is 5.69 Å². The highest BCUT2D eigenvalue weighted by atomic mass is 35.5. The fourth-order valence-electron chi connectivity index (χ4n) is 1.59. The van der Waals surface area contributed by atoms with Crippen molar-refractivity contribution in [3.8, 4) is 0 Å². The van der Waals surface area contributed by atoms with Gasteiger partial charge in [0.25, 0.3) is 10.9 Å². The van der Waals surface area contributed by atoms with Crippen LogP contribution in [0.25, 0.3) is 0 Å². The van der Waals surface area contributed by atoms with Crippen LogP contribution < -0.4 is 0 Å². The first kappa shape index (κ1) is 12.9. The third-order valence-corrected chi connectivity index (χ3v) is 2.86. The van der Waals surface area contributed by atoms with Crippen molar-refractivity contribution in [1.29, 1.82) is 0 Å². The van der Waals surface area contributed by atoms with Crippen molar-refractivity contribution >= 4 is 22.5 Å². The second kappa shape index (κ2) is 5.43. The number of ether oxygens (including phenoxy) is 1. The minimum Gasteiger partial charge on any atom is -0.360 e. The van der Waals surface area contributed by atoms with Crippen molar-refractivity contribution in [3.63, 3.8) is 0 Å². The maximum absolute atomic E-state index is 10.6. The summed E-state index contributed by atoms with van der Waals surface area (Å²) in [6.45, 7) is 3.33. The van der Waals surface area contributed by atoms with Crippen LogP contribution >= 0.6 is 11.6 Å². The molecule has 0 aromatic heterocycles. The maximum atomic E-state index is 10.6. The van der Waals surface area contributed by atoms with Crippen LogP contribution in [0, 0.1) is 10.1 Å². The first-order valence-corrected chi connectivity index (χ1v) is 5.75. The summed E-state index contributed by atoms with van der Waals surface area (Å²) in [5.41, 5.74) is -0.00707. The Morgan fingerprint density at radius 3 is 2.72 bits per heavy atom. The van der Waals surface area contributed by atoms with E-state index in [-0.39, 0.29) is 11.3 Å². The fraction of sp³-hybridized carbons (Fsp3) is 0.364. The van der Waals surface area contributed by atoms with Gasteiger partial charge in [-0.25, -0.2) is 0 Å². The topological polar surface area (TPSA) is 72.5 Å². The molecule has 3 rings (SSSR count). The third-order valence-electron chi connectivity index (χ3n) is 2.64. The van der Waals surface area contributed by atoms with E-state index in [2.05, 4.69) is 4.90 Å². The van der Waals surface area contributed by atoms with Crippen LogP contribution in [-0.4, -0.2) is 41.0 Å². The average Bonchev–Trinajstić information content (AvgIpc) is 2.97. The molecule has 0 amide bonds. The Kier molecular flexibility index (Phi) is 3.90. The molecule has 0 spiro atoms. The van der Waals surface area contributed by atoms with Gasteiger partial charge in [-0.3, -0.25) is 19.8 Å². The quantitative estimate of drug-likeness (QED) is 0.353. The van der Waals surface area contributed by atoms with Crippen LogP contribution in [0.2, 0.25) is 0 Å². The minimum atomic E-state index is -0.696. The predicted molar refractivity (Wildman–Crippen MR) is 64.6 cm³/mol. The number of non-ortho nitro benzene ring substituents is 1. The van der Waals surface area contributed by atoms with E-state index in [0.717, 1.165) is 12.7 Å². The Hall–Kier alpha value is -1.50. The molecule has 1 aromatic carbocycles. The summed E-state index contributed by atoms with van der Waals surface area (Å²) in [5, 5.41) is 9.53. The van der Waals surface area contributed by atoms with Crippen LogP contribution in [0.5, 0.6) is 0 Å². The predicted octanol–water partition coefficient (Wildman–Crippen LogP) is 1.63. The van der Waals surface area contributed by atoms with E-state index in [9.17, 15) is 14.9 Å². The molecule has 2 aliphatic rings. The van der Waals surface area contributed by atoms with Crippen molar-refractivity contribution in [1.82, 2.24) is 4.90 Å². The summed E-state index contributed by atoms with van der Waals surface area (Å²) in [7, 11) is 0. The molecule has 0 aliphatic carbocycles. The van der Waals surface area contributed by atoms with Gasteiger partial charge in [-0.2, -0.15) is 0 Å². The highest BCUT2D eigenvalue weighted by molar-refractivity contribution is 6.67. The lowest BCUT2D eigenvalue weighted by Crippen LogP contribution is -1.96. The number of nitrogens with zero attached hydrogens (tertiary/aromatic N) is 2. The molecular formula is C11H11ClN2O4. The summed E-state index contributed by atoms with van der Waals surface area (Å²) in [5.74, 6) is 0. The highest BCUT2D eigenvalue weighted by Crippen LogP contribution is 2.22. The Balaban J connectivity index is 0.000000164. The van der Waals surface area contributed by atoms with Gasteiger partial charge in [-0.1, -0.05) is 6.07 Å². The number of hydrogen-bond donors (Lipinski definition) is 0. The maximum Gasteiger partial charge on any atom is 0.270 e. The number of carbonyl (C=O) groups excluding carboxylic acids is 1. The average molecular weight is 271 g/mol. The zero-order valence-corrected chi connectivity index (χ0v) is 10.2. The molecule has 2 atom stereocenters. The fourth-order valence-corrected chi connectivity index (χ4v) is 1.71. The van der Waals surface area contributed by atoms with Gasteiger partial charge < -0.3 is 4.74 Å². The monoisotopic (exact) mass is 270 g/mol. The van der Waals surface area contributed by atoms with Crippen molar-refractivity contribution in [2.75, 3.05) is 19.7 Å². The first-order valence-electron chi connectivity index (χ1n) is 5.38. The van der Waals surface area contributed by atoms with E-state index in [4.69, 9.17) is 16.3 Å². The SMILES string of the molecule is C1CN2CC2O1.O=C(Cl)c1cccc([N+](=O)[O-])c1.